The molecule has 36 heavy (non-hydrogen) atoms. The molecule has 0 saturated heterocycles. The largest absolute Gasteiger partial charge is 0.497 e. The molecule has 0 unspecified atom stereocenters. The lowest BCUT2D eigenvalue weighted by atomic mass is 10.0. The molecule has 0 spiro atoms. The summed E-state index contributed by atoms with van der Waals surface area (Å²) in [7, 11) is 1.62. The van der Waals surface area contributed by atoms with Gasteiger partial charge >= 0.3 is 0 Å². The van der Waals surface area contributed by atoms with Gasteiger partial charge in [0.2, 0.25) is 5.91 Å². The number of aromatic nitrogens is 2. The van der Waals surface area contributed by atoms with Gasteiger partial charge < -0.3 is 14.5 Å². The molecule has 180 valence electrons. The number of para-hydroxylation sites is 1. The molecule has 0 atom stereocenters. The number of anilines is 1. The van der Waals surface area contributed by atoms with Crippen LogP contribution in [0.2, 0.25) is 0 Å². The van der Waals surface area contributed by atoms with Gasteiger partial charge in [-0.25, -0.2) is 9.97 Å². The average molecular weight is 499 g/mol. The first-order chi connectivity index (χ1) is 17.5. The first-order valence-corrected chi connectivity index (χ1v) is 12.0. The number of carbonyl (C=O) groups excluding carboxylic acids is 2. The Labute approximate surface area is 211 Å². The van der Waals surface area contributed by atoms with E-state index in [-0.39, 0.29) is 11.8 Å². The summed E-state index contributed by atoms with van der Waals surface area (Å²) >= 11 is 1.30. The number of furan rings is 1. The van der Waals surface area contributed by atoms with Gasteiger partial charge in [0.05, 0.1) is 30.4 Å². The third-order valence-corrected chi connectivity index (χ3v) is 6.25. The third kappa shape index (κ3) is 4.96. The summed E-state index contributed by atoms with van der Waals surface area (Å²) in [6.45, 7) is 1.75. The molecule has 3 heterocycles. The molecule has 5 rings (SSSR count). The van der Waals surface area contributed by atoms with E-state index in [0.29, 0.717) is 40.1 Å². The highest BCUT2D eigenvalue weighted by Crippen LogP contribution is 2.29. The Morgan fingerprint density at radius 2 is 1.81 bits per heavy atom. The maximum absolute atomic E-state index is 13.4. The Morgan fingerprint density at radius 3 is 2.58 bits per heavy atom. The molecule has 0 fully saturated rings. The predicted molar refractivity (Wildman–Crippen MR) is 139 cm³/mol. The van der Waals surface area contributed by atoms with Crippen molar-refractivity contribution in [3.63, 3.8) is 0 Å². The van der Waals surface area contributed by atoms with Crippen molar-refractivity contribution in [3.05, 3.63) is 83.4 Å². The van der Waals surface area contributed by atoms with E-state index in [1.165, 1.54) is 18.3 Å². The number of thiazole rings is 1. The number of methoxy groups -OCH3 is 1. The number of ether oxygens (including phenoxy) is 1. The number of hydrogen-bond donors (Lipinski definition) is 2. The highest BCUT2D eigenvalue weighted by molar-refractivity contribution is 7.14. The van der Waals surface area contributed by atoms with E-state index in [1.54, 1.807) is 25.3 Å². The minimum absolute atomic E-state index is 0.134. The summed E-state index contributed by atoms with van der Waals surface area (Å²) in [5.74, 6) is 1.51. The SMILES string of the molecule is COc1ccc(-c2cc(C(=O)Nc3nc(-c4ccc(CNC(C)=O)o4)cs3)c3ccccc3n2)cc1. The Morgan fingerprint density at radius 1 is 1.00 bits per heavy atom. The molecular formula is C27H22N4O4S. The number of nitrogens with one attached hydrogen (secondary N) is 2. The van der Waals surface area contributed by atoms with Crippen LogP contribution < -0.4 is 15.4 Å². The topological polar surface area (TPSA) is 106 Å². The fourth-order valence-electron chi connectivity index (χ4n) is 3.70. The number of fused-ring (bicyclic) bond motifs is 1. The monoisotopic (exact) mass is 498 g/mol. The molecule has 2 N–H and O–H groups in total. The number of hydrogen-bond acceptors (Lipinski definition) is 7. The van der Waals surface area contributed by atoms with E-state index in [2.05, 4.69) is 15.6 Å². The van der Waals surface area contributed by atoms with E-state index >= 15 is 0 Å². The second kappa shape index (κ2) is 10.0. The molecule has 0 saturated carbocycles. The lowest BCUT2D eigenvalue weighted by Gasteiger charge is -2.10. The van der Waals surface area contributed by atoms with Crippen LogP contribution in [0.5, 0.6) is 5.75 Å². The normalized spacial score (nSPS) is 10.8. The van der Waals surface area contributed by atoms with Gasteiger partial charge in [0.1, 0.15) is 17.2 Å². The van der Waals surface area contributed by atoms with Crippen LogP contribution in [0.25, 0.3) is 33.6 Å². The van der Waals surface area contributed by atoms with Crippen molar-refractivity contribution in [1.82, 2.24) is 15.3 Å². The van der Waals surface area contributed by atoms with Crippen molar-refractivity contribution in [1.29, 1.82) is 0 Å². The molecule has 2 amide bonds. The summed E-state index contributed by atoms with van der Waals surface area (Å²) in [6.07, 6.45) is 0. The van der Waals surface area contributed by atoms with Crippen molar-refractivity contribution < 1.29 is 18.7 Å². The number of nitrogens with zero attached hydrogens (tertiary/aromatic N) is 2. The van der Waals surface area contributed by atoms with Gasteiger partial charge in [0.15, 0.2) is 10.9 Å². The lowest BCUT2D eigenvalue weighted by molar-refractivity contribution is -0.119. The average Bonchev–Trinajstić information content (AvgIpc) is 3.56. The van der Waals surface area contributed by atoms with Crippen LogP contribution in [0.1, 0.15) is 23.0 Å². The van der Waals surface area contributed by atoms with E-state index in [9.17, 15) is 9.59 Å². The zero-order chi connectivity index (χ0) is 25.1. The Balaban J connectivity index is 1.40. The predicted octanol–water partition coefficient (Wildman–Crippen LogP) is 5.52. The number of pyridine rings is 1. The number of benzene rings is 2. The van der Waals surface area contributed by atoms with Crippen molar-refractivity contribution in [2.24, 2.45) is 0 Å². The van der Waals surface area contributed by atoms with Crippen LogP contribution in [-0.4, -0.2) is 28.9 Å². The third-order valence-electron chi connectivity index (χ3n) is 5.50. The molecule has 0 aliphatic rings. The minimum atomic E-state index is -0.282. The molecule has 2 aromatic carbocycles. The number of carbonyl (C=O) groups is 2. The van der Waals surface area contributed by atoms with E-state index < -0.39 is 0 Å². The zero-order valence-corrected chi connectivity index (χ0v) is 20.4. The van der Waals surface area contributed by atoms with Crippen LogP contribution in [0.3, 0.4) is 0 Å². The van der Waals surface area contributed by atoms with Crippen molar-refractivity contribution in [2.75, 3.05) is 12.4 Å². The van der Waals surface area contributed by atoms with Gasteiger partial charge in [0.25, 0.3) is 5.91 Å². The number of rotatable bonds is 7. The standard InChI is InChI=1S/C27H22N4O4S/c1-16(32)28-14-19-11-12-25(35-19)24-15-36-27(30-24)31-26(33)21-13-23(17-7-9-18(34-2)10-8-17)29-22-6-4-3-5-20(21)22/h3-13,15H,14H2,1-2H3,(H,28,32)(H,30,31,33). The molecule has 0 radical (unpaired) electrons. The molecule has 5 aromatic rings. The van der Waals surface area contributed by atoms with E-state index in [1.807, 2.05) is 53.9 Å². The second-order valence-electron chi connectivity index (χ2n) is 7.97. The fourth-order valence-corrected chi connectivity index (χ4v) is 4.40. The maximum Gasteiger partial charge on any atom is 0.258 e. The van der Waals surface area contributed by atoms with E-state index in [4.69, 9.17) is 14.1 Å². The van der Waals surface area contributed by atoms with Crippen molar-refractivity contribution in [2.45, 2.75) is 13.5 Å². The fraction of sp³-hybridized carbons (Fsp3) is 0.111. The summed E-state index contributed by atoms with van der Waals surface area (Å²) < 4.78 is 11.0. The molecule has 0 aliphatic heterocycles. The molecule has 9 heteroatoms. The molecular weight excluding hydrogens is 476 g/mol. The van der Waals surface area contributed by atoms with Gasteiger partial charge in [-0.2, -0.15) is 0 Å². The molecule has 0 aliphatic carbocycles. The quantitative estimate of drug-likeness (QED) is 0.306. The van der Waals surface area contributed by atoms with Crippen LogP contribution in [-0.2, 0) is 11.3 Å². The summed E-state index contributed by atoms with van der Waals surface area (Å²) in [4.78, 5) is 33.7. The highest BCUT2D eigenvalue weighted by Gasteiger charge is 2.17. The molecule has 0 bridgehead atoms. The summed E-state index contributed by atoms with van der Waals surface area (Å²) in [5.41, 5.74) is 3.38. The van der Waals surface area contributed by atoms with Crippen LogP contribution >= 0.6 is 11.3 Å². The Kier molecular flexibility index (Phi) is 6.46. The van der Waals surface area contributed by atoms with Gasteiger partial charge in [-0.15, -0.1) is 11.3 Å². The Hall–Kier alpha value is -4.50. The minimum Gasteiger partial charge on any atom is -0.497 e. The molecule has 3 aromatic heterocycles. The van der Waals surface area contributed by atoms with E-state index in [0.717, 1.165) is 22.2 Å². The zero-order valence-electron chi connectivity index (χ0n) is 19.6. The van der Waals surface area contributed by atoms with Gasteiger partial charge in [-0.3, -0.25) is 14.9 Å². The van der Waals surface area contributed by atoms with Gasteiger partial charge in [-0.1, -0.05) is 18.2 Å². The second-order valence-corrected chi connectivity index (χ2v) is 8.83. The smallest absolute Gasteiger partial charge is 0.258 e. The molecule has 8 nitrogen and oxygen atoms in total. The summed E-state index contributed by atoms with van der Waals surface area (Å²) in [5, 5.41) is 8.60. The van der Waals surface area contributed by atoms with Gasteiger partial charge in [-0.05, 0) is 48.5 Å². The lowest BCUT2D eigenvalue weighted by Crippen LogP contribution is -2.18. The Bertz CT molecular complexity index is 1560. The first kappa shape index (κ1) is 23.3. The highest BCUT2D eigenvalue weighted by atomic mass is 32.1. The van der Waals surface area contributed by atoms with Crippen molar-refractivity contribution >= 4 is 39.2 Å². The van der Waals surface area contributed by atoms with Crippen LogP contribution in [0.15, 0.2) is 76.5 Å². The summed E-state index contributed by atoms with van der Waals surface area (Å²) in [6, 6.07) is 20.4. The first-order valence-electron chi connectivity index (χ1n) is 11.1. The number of amides is 2. The van der Waals surface area contributed by atoms with Crippen LogP contribution in [0.4, 0.5) is 5.13 Å². The van der Waals surface area contributed by atoms with Crippen molar-refractivity contribution in [3.8, 4) is 28.5 Å². The maximum atomic E-state index is 13.4. The van der Waals surface area contributed by atoms with Gasteiger partial charge in [0, 0.05) is 23.3 Å². The van der Waals surface area contributed by atoms with Crippen LogP contribution in [0, 0.1) is 0 Å².